The quantitative estimate of drug-likeness (QED) is 0.860. The van der Waals surface area contributed by atoms with Crippen molar-refractivity contribution in [1.29, 1.82) is 0 Å². The zero-order chi connectivity index (χ0) is 13.0. The molecule has 3 heteroatoms. The highest BCUT2D eigenvalue weighted by atomic mass is 15.2. The van der Waals surface area contributed by atoms with Gasteiger partial charge in [0.05, 0.1) is 5.69 Å². The summed E-state index contributed by atoms with van der Waals surface area (Å²) in [6, 6.07) is 10.2. The standard InChI is InChI=1S/C15H21N3/c1-12(2)9-10-18-11-13(3)16-15(18)17-14-7-5-4-6-8-14/h4-8,11-12H,9-10H2,1-3H3,(H,16,17). The SMILES string of the molecule is Cc1cn(CCC(C)C)c(Nc2ccccc2)n1. The van der Waals surface area contributed by atoms with E-state index in [1.54, 1.807) is 0 Å². The molecule has 1 aromatic carbocycles. The van der Waals surface area contributed by atoms with Gasteiger partial charge in [-0.3, -0.25) is 0 Å². The first-order chi connectivity index (χ1) is 8.65. The second kappa shape index (κ2) is 5.71. The summed E-state index contributed by atoms with van der Waals surface area (Å²) < 4.78 is 2.20. The highest BCUT2D eigenvalue weighted by Gasteiger charge is 2.06. The molecule has 0 spiro atoms. The molecule has 0 saturated heterocycles. The molecule has 1 heterocycles. The number of hydrogen-bond acceptors (Lipinski definition) is 2. The Hall–Kier alpha value is -1.77. The molecule has 0 aliphatic rings. The molecule has 96 valence electrons. The second-order valence-corrected chi connectivity index (χ2v) is 5.07. The van der Waals surface area contributed by atoms with Crippen molar-refractivity contribution in [3.63, 3.8) is 0 Å². The Morgan fingerprint density at radius 1 is 1.22 bits per heavy atom. The minimum absolute atomic E-state index is 0.706. The Kier molecular flexibility index (Phi) is 4.03. The van der Waals surface area contributed by atoms with Crippen LogP contribution in [0.2, 0.25) is 0 Å². The first kappa shape index (κ1) is 12.7. The highest BCUT2D eigenvalue weighted by Crippen LogP contribution is 2.17. The van der Waals surface area contributed by atoms with Crippen LogP contribution in [0, 0.1) is 12.8 Å². The fourth-order valence-corrected chi connectivity index (χ4v) is 1.86. The number of hydrogen-bond donors (Lipinski definition) is 1. The Morgan fingerprint density at radius 2 is 1.94 bits per heavy atom. The summed E-state index contributed by atoms with van der Waals surface area (Å²) in [6.45, 7) is 7.53. The topological polar surface area (TPSA) is 29.9 Å². The largest absolute Gasteiger partial charge is 0.326 e. The average molecular weight is 243 g/mol. The Bertz CT molecular complexity index is 486. The molecule has 0 atom stereocenters. The maximum Gasteiger partial charge on any atom is 0.207 e. The highest BCUT2D eigenvalue weighted by molar-refractivity contribution is 5.53. The van der Waals surface area contributed by atoms with Crippen molar-refractivity contribution in [2.75, 3.05) is 5.32 Å². The third kappa shape index (κ3) is 3.36. The van der Waals surface area contributed by atoms with Crippen LogP contribution in [0.3, 0.4) is 0 Å². The maximum absolute atomic E-state index is 4.54. The Labute approximate surface area is 109 Å². The monoisotopic (exact) mass is 243 g/mol. The molecule has 0 aliphatic heterocycles. The number of imidazole rings is 1. The minimum atomic E-state index is 0.706. The van der Waals surface area contributed by atoms with Crippen LogP contribution >= 0.6 is 0 Å². The van der Waals surface area contributed by atoms with E-state index in [0.29, 0.717) is 5.92 Å². The molecule has 2 aromatic rings. The fourth-order valence-electron chi connectivity index (χ4n) is 1.86. The summed E-state index contributed by atoms with van der Waals surface area (Å²) in [4.78, 5) is 4.54. The van der Waals surface area contributed by atoms with Crippen molar-refractivity contribution in [3.8, 4) is 0 Å². The summed E-state index contributed by atoms with van der Waals surface area (Å²) in [5, 5.41) is 3.37. The van der Waals surface area contributed by atoms with Gasteiger partial charge < -0.3 is 9.88 Å². The van der Waals surface area contributed by atoms with Crippen molar-refractivity contribution in [2.24, 2.45) is 5.92 Å². The van der Waals surface area contributed by atoms with Gasteiger partial charge in [0.1, 0.15) is 0 Å². The number of nitrogens with zero attached hydrogens (tertiary/aromatic N) is 2. The van der Waals surface area contributed by atoms with Crippen molar-refractivity contribution in [3.05, 3.63) is 42.2 Å². The van der Waals surface area contributed by atoms with Gasteiger partial charge in [0.2, 0.25) is 5.95 Å². The lowest BCUT2D eigenvalue weighted by molar-refractivity contribution is 0.519. The van der Waals surface area contributed by atoms with Crippen molar-refractivity contribution < 1.29 is 0 Å². The third-order valence-corrected chi connectivity index (χ3v) is 2.87. The molecule has 1 aromatic heterocycles. The Morgan fingerprint density at radius 3 is 2.61 bits per heavy atom. The second-order valence-electron chi connectivity index (χ2n) is 5.07. The van der Waals surface area contributed by atoms with E-state index in [0.717, 1.165) is 23.9 Å². The van der Waals surface area contributed by atoms with Crippen LogP contribution < -0.4 is 5.32 Å². The molecule has 0 fully saturated rings. The van der Waals surface area contributed by atoms with Gasteiger partial charge in [-0.25, -0.2) is 4.98 Å². The van der Waals surface area contributed by atoms with Gasteiger partial charge in [-0.2, -0.15) is 0 Å². The summed E-state index contributed by atoms with van der Waals surface area (Å²) in [7, 11) is 0. The molecule has 0 aliphatic carbocycles. The molecule has 1 N–H and O–H groups in total. The van der Waals surface area contributed by atoms with Crippen LogP contribution in [0.5, 0.6) is 0 Å². The van der Waals surface area contributed by atoms with Crippen molar-refractivity contribution >= 4 is 11.6 Å². The molecule has 3 nitrogen and oxygen atoms in total. The van der Waals surface area contributed by atoms with Crippen LogP contribution in [0.4, 0.5) is 11.6 Å². The number of aromatic nitrogens is 2. The molecule has 0 amide bonds. The Balaban J connectivity index is 2.12. The number of aryl methyl sites for hydroxylation is 2. The van der Waals surface area contributed by atoms with E-state index in [-0.39, 0.29) is 0 Å². The lowest BCUT2D eigenvalue weighted by Crippen LogP contribution is -2.05. The lowest BCUT2D eigenvalue weighted by Gasteiger charge is -2.10. The summed E-state index contributed by atoms with van der Waals surface area (Å²) in [5.41, 5.74) is 2.13. The van der Waals surface area contributed by atoms with E-state index in [1.165, 1.54) is 6.42 Å². The molecule has 2 rings (SSSR count). The first-order valence-electron chi connectivity index (χ1n) is 6.51. The zero-order valence-electron chi connectivity index (χ0n) is 11.4. The molecule has 18 heavy (non-hydrogen) atoms. The summed E-state index contributed by atoms with van der Waals surface area (Å²) >= 11 is 0. The van der Waals surface area contributed by atoms with E-state index in [2.05, 4.69) is 47.0 Å². The normalized spacial score (nSPS) is 10.9. The number of nitrogens with one attached hydrogen (secondary N) is 1. The van der Waals surface area contributed by atoms with E-state index >= 15 is 0 Å². The van der Waals surface area contributed by atoms with E-state index in [1.807, 2.05) is 25.1 Å². The smallest absolute Gasteiger partial charge is 0.207 e. The third-order valence-electron chi connectivity index (χ3n) is 2.87. The van der Waals surface area contributed by atoms with Gasteiger partial charge >= 0.3 is 0 Å². The first-order valence-corrected chi connectivity index (χ1v) is 6.51. The number of benzene rings is 1. The van der Waals surface area contributed by atoms with Crippen LogP contribution in [-0.4, -0.2) is 9.55 Å². The van der Waals surface area contributed by atoms with Gasteiger partial charge in [0.15, 0.2) is 0 Å². The number of anilines is 2. The average Bonchev–Trinajstić information content (AvgIpc) is 2.68. The van der Waals surface area contributed by atoms with E-state index in [4.69, 9.17) is 0 Å². The van der Waals surface area contributed by atoms with Gasteiger partial charge in [0.25, 0.3) is 0 Å². The molecular formula is C15H21N3. The molecular weight excluding hydrogens is 222 g/mol. The van der Waals surface area contributed by atoms with Crippen LogP contribution in [0.1, 0.15) is 26.0 Å². The minimum Gasteiger partial charge on any atom is -0.326 e. The summed E-state index contributed by atoms with van der Waals surface area (Å²) in [6.07, 6.45) is 3.27. The zero-order valence-corrected chi connectivity index (χ0v) is 11.4. The maximum atomic E-state index is 4.54. The van der Waals surface area contributed by atoms with Gasteiger partial charge in [-0.05, 0) is 31.4 Å². The molecule has 0 saturated carbocycles. The van der Waals surface area contributed by atoms with Gasteiger partial charge in [0, 0.05) is 18.4 Å². The summed E-state index contributed by atoms with van der Waals surface area (Å²) in [5.74, 6) is 1.64. The molecule has 0 radical (unpaired) electrons. The molecule has 0 bridgehead atoms. The lowest BCUT2D eigenvalue weighted by atomic mass is 10.1. The van der Waals surface area contributed by atoms with Crippen LogP contribution in [-0.2, 0) is 6.54 Å². The predicted octanol–water partition coefficient (Wildman–Crippen LogP) is 3.98. The number of para-hydroxylation sites is 1. The fraction of sp³-hybridized carbons (Fsp3) is 0.400. The molecule has 0 unspecified atom stereocenters. The van der Waals surface area contributed by atoms with Gasteiger partial charge in [-0.1, -0.05) is 32.0 Å². The predicted molar refractivity (Wildman–Crippen MR) is 76.1 cm³/mol. The van der Waals surface area contributed by atoms with Gasteiger partial charge in [-0.15, -0.1) is 0 Å². The van der Waals surface area contributed by atoms with Crippen LogP contribution in [0.25, 0.3) is 0 Å². The van der Waals surface area contributed by atoms with Crippen molar-refractivity contribution in [1.82, 2.24) is 9.55 Å². The number of rotatable bonds is 5. The van der Waals surface area contributed by atoms with E-state index < -0.39 is 0 Å². The van der Waals surface area contributed by atoms with Crippen molar-refractivity contribution in [2.45, 2.75) is 33.7 Å². The van der Waals surface area contributed by atoms with Crippen LogP contribution in [0.15, 0.2) is 36.5 Å². The van der Waals surface area contributed by atoms with E-state index in [9.17, 15) is 0 Å².